The molecule has 0 bridgehead atoms. The standard InChI is InChI=1S/C15H24O3/c1-5-15(2,3)14(16)12-8-6-7-9-13(12)18-11-10-17-4/h6-9,14,16H,5,10-11H2,1-4H3. The van der Waals surface area contributed by atoms with E-state index in [1.807, 2.05) is 24.3 Å². The average molecular weight is 252 g/mol. The number of ether oxygens (including phenoxy) is 2. The SMILES string of the molecule is CCC(C)(C)C(O)c1ccccc1OCCOC. The number of aliphatic hydroxyl groups excluding tert-OH is 1. The van der Waals surface area contributed by atoms with E-state index in [1.165, 1.54) is 0 Å². The van der Waals surface area contributed by atoms with Crippen LogP contribution in [0.2, 0.25) is 0 Å². The maximum atomic E-state index is 10.5. The topological polar surface area (TPSA) is 38.7 Å². The van der Waals surface area contributed by atoms with Gasteiger partial charge in [0.05, 0.1) is 12.7 Å². The summed E-state index contributed by atoms with van der Waals surface area (Å²) in [6, 6.07) is 7.65. The van der Waals surface area contributed by atoms with E-state index >= 15 is 0 Å². The van der Waals surface area contributed by atoms with E-state index < -0.39 is 6.10 Å². The fourth-order valence-electron chi connectivity index (χ4n) is 1.69. The van der Waals surface area contributed by atoms with E-state index in [2.05, 4.69) is 20.8 Å². The Balaban J connectivity index is 2.87. The highest BCUT2D eigenvalue weighted by Gasteiger charge is 2.29. The van der Waals surface area contributed by atoms with Crippen molar-refractivity contribution in [1.82, 2.24) is 0 Å². The van der Waals surface area contributed by atoms with Crippen LogP contribution >= 0.6 is 0 Å². The third kappa shape index (κ3) is 3.72. The van der Waals surface area contributed by atoms with Gasteiger partial charge in [-0.25, -0.2) is 0 Å². The first-order valence-corrected chi connectivity index (χ1v) is 6.41. The fraction of sp³-hybridized carbons (Fsp3) is 0.600. The molecule has 0 fully saturated rings. The van der Waals surface area contributed by atoms with Gasteiger partial charge < -0.3 is 14.6 Å². The lowest BCUT2D eigenvalue weighted by Crippen LogP contribution is -2.22. The van der Waals surface area contributed by atoms with E-state index in [9.17, 15) is 5.11 Å². The molecule has 0 aliphatic rings. The van der Waals surface area contributed by atoms with Crippen LogP contribution in [0.3, 0.4) is 0 Å². The highest BCUT2D eigenvalue weighted by Crippen LogP contribution is 2.39. The Morgan fingerprint density at radius 3 is 2.50 bits per heavy atom. The van der Waals surface area contributed by atoms with Crippen LogP contribution in [0.15, 0.2) is 24.3 Å². The molecule has 3 nitrogen and oxygen atoms in total. The summed E-state index contributed by atoms with van der Waals surface area (Å²) in [6.45, 7) is 7.24. The maximum Gasteiger partial charge on any atom is 0.125 e. The summed E-state index contributed by atoms with van der Waals surface area (Å²) >= 11 is 0. The summed E-state index contributed by atoms with van der Waals surface area (Å²) < 4.78 is 10.6. The molecule has 1 aromatic rings. The Morgan fingerprint density at radius 2 is 1.89 bits per heavy atom. The molecule has 0 spiro atoms. The lowest BCUT2D eigenvalue weighted by atomic mass is 9.80. The van der Waals surface area contributed by atoms with Crippen LogP contribution in [-0.4, -0.2) is 25.4 Å². The number of hydrogen-bond acceptors (Lipinski definition) is 3. The van der Waals surface area contributed by atoms with E-state index in [1.54, 1.807) is 7.11 Å². The number of benzene rings is 1. The second kappa shape index (κ2) is 6.76. The molecule has 1 rings (SSSR count). The van der Waals surface area contributed by atoms with Gasteiger partial charge in [0.25, 0.3) is 0 Å². The molecule has 0 heterocycles. The van der Waals surface area contributed by atoms with Gasteiger partial charge in [-0.1, -0.05) is 39.0 Å². The summed E-state index contributed by atoms with van der Waals surface area (Å²) in [5.74, 6) is 0.739. The van der Waals surface area contributed by atoms with Crippen molar-refractivity contribution in [2.24, 2.45) is 5.41 Å². The molecule has 1 N–H and O–H groups in total. The largest absolute Gasteiger partial charge is 0.491 e. The van der Waals surface area contributed by atoms with E-state index in [0.717, 1.165) is 17.7 Å². The molecule has 0 aromatic heterocycles. The molecule has 0 amide bonds. The molecule has 0 radical (unpaired) electrons. The van der Waals surface area contributed by atoms with Crippen molar-refractivity contribution in [2.75, 3.05) is 20.3 Å². The second-order valence-electron chi connectivity index (χ2n) is 5.12. The Hall–Kier alpha value is -1.06. The first kappa shape index (κ1) is 15.0. The van der Waals surface area contributed by atoms with Gasteiger partial charge in [0, 0.05) is 12.7 Å². The Morgan fingerprint density at radius 1 is 1.22 bits per heavy atom. The van der Waals surface area contributed by atoms with Crippen molar-refractivity contribution in [2.45, 2.75) is 33.3 Å². The van der Waals surface area contributed by atoms with Crippen molar-refractivity contribution >= 4 is 0 Å². The minimum atomic E-state index is -0.527. The van der Waals surface area contributed by atoms with Crippen LogP contribution in [0.1, 0.15) is 38.9 Å². The molecule has 0 aliphatic heterocycles. The van der Waals surface area contributed by atoms with Crippen molar-refractivity contribution in [3.63, 3.8) is 0 Å². The lowest BCUT2D eigenvalue weighted by molar-refractivity contribution is 0.0431. The maximum absolute atomic E-state index is 10.5. The van der Waals surface area contributed by atoms with Gasteiger partial charge in [0.2, 0.25) is 0 Å². The van der Waals surface area contributed by atoms with Crippen LogP contribution in [0, 0.1) is 5.41 Å². The minimum Gasteiger partial charge on any atom is -0.491 e. The van der Waals surface area contributed by atoms with Crippen LogP contribution < -0.4 is 4.74 Å². The zero-order valence-electron chi connectivity index (χ0n) is 11.8. The van der Waals surface area contributed by atoms with Crippen LogP contribution in [-0.2, 0) is 4.74 Å². The molecule has 0 saturated heterocycles. The highest BCUT2D eigenvalue weighted by atomic mass is 16.5. The van der Waals surface area contributed by atoms with Gasteiger partial charge in [-0.05, 0) is 17.9 Å². The molecule has 1 aromatic carbocycles. The number of hydrogen-bond donors (Lipinski definition) is 1. The Kier molecular flexibility index (Phi) is 5.63. The molecule has 18 heavy (non-hydrogen) atoms. The predicted octanol–water partition coefficient (Wildman–Crippen LogP) is 3.18. The average Bonchev–Trinajstić information content (AvgIpc) is 2.39. The summed E-state index contributed by atoms with van der Waals surface area (Å²) in [6.07, 6.45) is 0.377. The molecular formula is C15H24O3. The molecule has 1 unspecified atom stereocenters. The van der Waals surface area contributed by atoms with E-state index in [0.29, 0.717) is 13.2 Å². The third-order valence-corrected chi connectivity index (χ3v) is 3.41. The molecule has 102 valence electrons. The van der Waals surface area contributed by atoms with Gasteiger partial charge in [-0.15, -0.1) is 0 Å². The number of aliphatic hydroxyl groups is 1. The van der Waals surface area contributed by atoms with Gasteiger partial charge in [-0.3, -0.25) is 0 Å². The Bertz CT molecular complexity index is 361. The third-order valence-electron chi connectivity index (χ3n) is 3.41. The molecule has 0 saturated carbocycles. The van der Waals surface area contributed by atoms with Crippen molar-refractivity contribution in [3.05, 3.63) is 29.8 Å². The quantitative estimate of drug-likeness (QED) is 0.757. The van der Waals surface area contributed by atoms with Crippen molar-refractivity contribution in [3.8, 4) is 5.75 Å². The number of para-hydroxylation sites is 1. The van der Waals surface area contributed by atoms with Crippen LogP contribution in [0.5, 0.6) is 5.75 Å². The fourth-order valence-corrected chi connectivity index (χ4v) is 1.69. The van der Waals surface area contributed by atoms with Gasteiger partial charge >= 0.3 is 0 Å². The molecule has 0 aliphatic carbocycles. The molecular weight excluding hydrogens is 228 g/mol. The zero-order valence-corrected chi connectivity index (χ0v) is 11.8. The predicted molar refractivity (Wildman–Crippen MR) is 72.8 cm³/mol. The smallest absolute Gasteiger partial charge is 0.125 e. The Labute approximate surface area is 110 Å². The van der Waals surface area contributed by atoms with E-state index in [4.69, 9.17) is 9.47 Å². The highest BCUT2D eigenvalue weighted by molar-refractivity contribution is 5.36. The monoisotopic (exact) mass is 252 g/mol. The van der Waals surface area contributed by atoms with E-state index in [-0.39, 0.29) is 5.41 Å². The normalized spacial score (nSPS) is 13.4. The second-order valence-corrected chi connectivity index (χ2v) is 5.12. The first-order valence-electron chi connectivity index (χ1n) is 6.41. The number of rotatable bonds is 7. The van der Waals surface area contributed by atoms with Crippen molar-refractivity contribution < 1.29 is 14.6 Å². The summed E-state index contributed by atoms with van der Waals surface area (Å²) in [4.78, 5) is 0. The van der Waals surface area contributed by atoms with Gasteiger partial charge in [0.1, 0.15) is 12.4 Å². The molecule has 3 heteroatoms. The summed E-state index contributed by atoms with van der Waals surface area (Å²) in [5, 5.41) is 10.5. The summed E-state index contributed by atoms with van der Waals surface area (Å²) in [7, 11) is 1.64. The first-order chi connectivity index (χ1) is 8.53. The minimum absolute atomic E-state index is 0.166. The van der Waals surface area contributed by atoms with Gasteiger partial charge in [0.15, 0.2) is 0 Å². The van der Waals surface area contributed by atoms with Crippen LogP contribution in [0.4, 0.5) is 0 Å². The molecule has 1 atom stereocenters. The van der Waals surface area contributed by atoms with Crippen LogP contribution in [0.25, 0.3) is 0 Å². The number of methoxy groups -OCH3 is 1. The van der Waals surface area contributed by atoms with Gasteiger partial charge in [-0.2, -0.15) is 0 Å². The summed E-state index contributed by atoms with van der Waals surface area (Å²) in [5.41, 5.74) is 0.682. The lowest BCUT2D eigenvalue weighted by Gasteiger charge is -2.30. The zero-order chi connectivity index (χ0) is 13.6. The van der Waals surface area contributed by atoms with Crippen molar-refractivity contribution in [1.29, 1.82) is 0 Å².